The van der Waals surface area contributed by atoms with Crippen molar-refractivity contribution in [2.45, 2.75) is 6.92 Å². The fraction of sp³-hybridized carbons (Fsp3) is 0.0769. The summed E-state index contributed by atoms with van der Waals surface area (Å²) in [7, 11) is 0. The second-order valence-corrected chi connectivity index (χ2v) is 3.74. The summed E-state index contributed by atoms with van der Waals surface area (Å²) < 4.78 is 13.9. The molecule has 0 saturated heterocycles. The van der Waals surface area contributed by atoms with Gasteiger partial charge in [-0.1, -0.05) is 30.3 Å². The molecule has 0 saturated carbocycles. The van der Waals surface area contributed by atoms with Crippen LogP contribution >= 0.6 is 0 Å². The lowest BCUT2D eigenvalue weighted by molar-refractivity contribution is -0.384. The second kappa shape index (κ2) is 4.33. The van der Waals surface area contributed by atoms with Crippen LogP contribution in [0.25, 0.3) is 11.1 Å². The van der Waals surface area contributed by atoms with E-state index >= 15 is 0 Å². The van der Waals surface area contributed by atoms with Gasteiger partial charge in [0.2, 0.25) is 0 Å². The molecular formula is C13H10FNO2. The van der Waals surface area contributed by atoms with E-state index in [-0.39, 0.29) is 11.5 Å². The van der Waals surface area contributed by atoms with Crippen LogP contribution in [0.4, 0.5) is 10.1 Å². The molecule has 0 spiro atoms. The number of hydrogen-bond acceptors (Lipinski definition) is 2. The Kier molecular flexibility index (Phi) is 2.87. The molecule has 0 aliphatic heterocycles. The van der Waals surface area contributed by atoms with Gasteiger partial charge in [0.1, 0.15) is 5.82 Å². The van der Waals surface area contributed by atoms with Crippen molar-refractivity contribution < 1.29 is 9.31 Å². The highest BCUT2D eigenvalue weighted by atomic mass is 19.1. The Labute approximate surface area is 97.7 Å². The molecule has 3 nitrogen and oxygen atoms in total. The lowest BCUT2D eigenvalue weighted by atomic mass is 10.0. The average molecular weight is 231 g/mol. The smallest absolute Gasteiger partial charge is 0.258 e. The Morgan fingerprint density at radius 3 is 2.59 bits per heavy atom. The SMILES string of the molecule is Cc1cccc(-c2cccc([N+](=O)[O-])c2)c1F. The molecule has 0 N–H and O–H groups in total. The van der Waals surface area contributed by atoms with Crippen LogP contribution < -0.4 is 0 Å². The lowest BCUT2D eigenvalue weighted by Gasteiger charge is -2.05. The van der Waals surface area contributed by atoms with E-state index in [1.54, 1.807) is 37.3 Å². The molecule has 0 fully saturated rings. The minimum atomic E-state index is -0.489. The number of halogens is 1. The number of nitro benzene ring substituents is 1. The van der Waals surface area contributed by atoms with E-state index in [9.17, 15) is 14.5 Å². The van der Waals surface area contributed by atoms with Gasteiger partial charge < -0.3 is 0 Å². The van der Waals surface area contributed by atoms with Crippen LogP contribution in [0.2, 0.25) is 0 Å². The van der Waals surface area contributed by atoms with Gasteiger partial charge in [-0.2, -0.15) is 0 Å². The normalized spacial score (nSPS) is 10.2. The first kappa shape index (κ1) is 11.3. The molecule has 0 radical (unpaired) electrons. The van der Waals surface area contributed by atoms with Crippen molar-refractivity contribution >= 4 is 5.69 Å². The first-order chi connectivity index (χ1) is 8.09. The summed E-state index contributed by atoms with van der Waals surface area (Å²) in [5.74, 6) is -0.340. The third-order valence-electron chi connectivity index (χ3n) is 2.56. The fourth-order valence-electron chi connectivity index (χ4n) is 1.66. The number of aryl methyl sites for hydroxylation is 1. The number of hydrogen-bond donors (Lipinski definition) is 0. The van der Waals surface area contributed by atoms with Crippen LogP contribution in [0.5, 0.6) is 0 Å². The van der Waals surface area contributed by atoms with E-state index in [1.807, 2.05) is 0 Å². The van der Waals surface area contributed by atoms with E-state index in [0.29, 0.717) is 16.7 Å². The van der Waals surface area contributed by atoms with Crippen LogP contribution in [-0.4, -0.2) is 4.92 Å². The van der Waals surface area contributed by atoms with Gasteiger partial charge in [0.05, 0.1) is 4.92 Å². The third-order valence-corrected chi connectivity index (χ3v) is 2.56. The highest BCUT2D eigenvalue weighted by molar-refractivity contribution is 5.67. The Morgan fingerprint density at radius 1 is 1.18 bits per heavy atom. The molecule has 0 aliphatic carbocycles. The van der Waals surface area contributed by atoms with E-state index in [4.69, 9.17) is 0 Å². The summed E-state index contributed by atoms with van der Waals surface area (Å²) in [6, 6.07) is 11.0. The molecular weight excluding hydrogens is 221 g/mol. The quantitative estimate of drug-likeness (QED) is 0.584. The maximum absolute atomic E-state index is 13.9. The van der Waals surface area contributed by atoms with Gasteiger partial charge in [0.15, 0.2) is 0 Å². The van der Waals surface area contributed by atoms with Crippen molar-refractivity contribution in [3.63, 3.8) is 0 Å². The molecule has 0 aliphatic rings. The monoisotopic (exact) mass is 231 g/mol. The third kappa shape index (κ3) is 2.15. The second-order valence-electron chi connectivity index (χ2n) is 3.74. The van der Waals surface area contributed by atoms with E-state index in [2.05, 4.69) is 0 Å². The number of nitro groups is 1. The Balaban J connectivity index is 2.57. The standard InChI is InChI=1S/C13H10FNO2/c1-9-4-2-7-12(13(9)14)10-5-3-6-11(8-10)15(16)17/h2-8H,1H3. The zero-order chi connectivity index (χ0) is 12.4. The first-order valence-corrected chi connectivity index (χ1v) is 5.09. The summed E-state index contributed by atoms with van der Waals surface area (Å²) in [4.78, 5) is 10.2. The number of rotatable bonds is 2. The Bertz CT molecular complexity index is 581. The molecule has 2 rings (SSSR count). The van der Waals surface area contributed by atoms with Crippen LogP contribution in [0.15, 0.2) is 42.5 Å². The van der Waals surface area contributed by atoms with E-state index in [0.717, 1.165) is 0 Å². The molecule has 2 aromatic carbocycles. The maximum Gasteiger partial charge on any atom is 0.270 e. The van der Waals surface area contributed by atoms with Crippen LogP contribution in [0.3, 0.4) is 0 Å². The van der Waals surface area contributed by atoms with E-state index < -0.39 is 4.92 Å². The van der Waals surface area contributed by atoms with E-state index in [1.165, 1.54) is 12.1 Å². The molecule has 0 atom stereocenters. The van der Waals surface area contributed by atoms with Gasteiger partial charge in [-0.05, 0) is 18.1 Å². The summed E-state index contributed by atoms with van der Waals surface area (Å²) in [6.07, 6.45) is 0. The fourth-order valence-corrected chi connectivity index (χ4v) is 1.66. The highest BCUT2D eigenvalue weighted by Gasteiger charge is 2.11. The van der Waals surface area contributed by atoms with Crippen LogP contribution in [-0.2, 0) is 0 Å². The van der Waals surface area contributed by atoms with Gasteiger partial charge >= 0.3 is 0 Å². The van der Waals surface area contributed by atoms with Crippen molar-refractivity contribution in [1.29, 1.82) is 0 Å². The molecule has 2 aromatic rings. The van der Waals surface area contributed by atoms with Crippen molar-refractivity contribution in [2.24, 2.45) is 0 Å². The minimum Gasteiger partial charge on any atom is -0.258 e. The Hall–Kier alpha value is -2.23. The van der Waals surface area contributed by atoms with Gasteiger partial charge in [-0.25, -0.2) is 4.39 Å². The molecule has 0 heterocycles. The van der Waals surface area contributed by atoms with Crippen molar-refractivity contribution in [3.05, 3.63) is 64.0 Å². The molecule has 0 unspecified atom stereocenters. The number of nitrogens with zero attached hydrogens (tertiary/aromatic N) is 1. The van der Waals surface area contributed by atoms with Crippen molar-refractivity contribution in [3.8, 4) is 11.1 Å². The van der Waals surface area contributed by atoms with Crippen LogP contribution in [0, 0.1) is 22.9 Å². The summed E-state index contributed by atoms with van der Waals surface area (Å²) in [6.45, 7) is 1.66. The molecule has 0 aromatic heterocycles. The van der Waals surface area contributed by atoms with Crippen molar-refractivity contribution in [1.82, 2.24) is 0 Å². The Morgan fingerprint density at radius 2 is 1.88 bits per heavy atom. The molecule has 86 valence electrons. The van der Waals surface area contributed by atoms with Gasteiger partial charge in [0.25, 0.3) is 5.69 Å². The molecule has 4 heteroatoms. The summed E-state index contributed by atoms with van der Waals surface area (Å²) in [5, 5.41) is 10.6. The summed E-state index contributed by atoms with van der Waals surface area (Å²) >= 11 is 0. The van der Waals surface area contributed by atoms with Crippen molar-refractivity contribution in [2.75, 3.05) is 0 Å². The topological polar surface area (TPSA) is 43.1 Å². The van der Waals surface area contributed by atoms with Crippen LogP contribution in [0.1, 0.15) is 5.56 Å². The minimum absolute atomic E-state index is 0.0385. The predicted octanol–water partition coefficient (Wildman–Crippen LogP) is 3.71. The average Bonchev–Trinajstić information content (AvgIpc) is 2.33. The van der Waals surface area contributed by atoms with Gasteiger partial charge in [-0.15, -0.1) is 0 Å². The zero-order valence-corrected chi connectivity index (χ0v) is 9.18. The summed E-state index contributed by atoms with van der Waals surface area (Å²) in [5.41, 5.74) is 1.38. The maximum atomic E-state index is 13.9. The molecule has 0 amide bonds. The molecule has 17 heavy (non-hydrogen) atoms. The van der Waals surface area contributed by atoms with Gasteiger partial charge in [-0.3, -0.25) is 10.1 Å². The number of benzene rings is 2. The van der Waals surface area contributed by atoms with Gasteiger partial charge in [0, 0.05) is 17.7 Å². The zero-order valence-electron chi connectivity index (χ0n) is 9.18. The largest absolute Gasteiger partial charge is 0.270 e. The molecule has 0 bridgehead atoms. The lowest BCUT2D eigenvalue weighted by Crippen LogP contribution is -1.91. The highest BCUT2D eigenvalue weighted by Crippen LogP contribution is 2.27. The number of non-ortho nitro benzene ring substituents is 1. The first-order valence-electron chi connectivity index (χ1n) is 5.09. The predicted molar refractivity (Wildman–Crippen MR) is 63.2 cm³/mol.